The van der Waals surface area contributed by atoms with Crippen LogP contribution in [-0.4, -0.2) is 4.57 Å². The zero-order valence-corrected chi connectivity index (χ0v) is 31.8. The molecule has 1 aromatic heterocycles. The monoisotopic (exact) mass is 738 g/mol. The lowest BCUT2D eigenvalue weighted by Gasteiger charge is -2.28. The SMILES string of the molecule is c1ccc(-c2ccccc2N(c2ccc(-c3cc4ccccc4c4ccccc34)cc2)c2cccc(-c3cccc4c3c3ccccc3n4-c3ccccc3)c2)cc1. The molecule has 0 aliphatic rings. The molecule has 0 saturated heterocycles. The van der Waals surface area contributed by atoms with E-state index >= 15 is 0 Å². The fourth-order valence-electron chi connectivity index (χ4n) is 8.97. The summed E-state index contributed by atoms with van der Waals surface area (Å²) < 4.78 is 2.39. The number of hydrogen-bond acceptors (Lipinski definition) is 1. The number of anilines is 3. The van der Waals surface area contributed by atoms with E-state index in [1.807, 2.05) is 0 Å². The first-order chi connectivity index (χ1) is 28.8. The number of hydrogen-bond donors (Lipinski definition) is 0. The zero-order chi connectivity index (χ0) is 38.4. The Kier molecular flexibility index (Phi) is 8.19. The summed E-state index contributed by atoms with van der Waals surface area (Å²) in [5.41, 5.74) is 14.0. The highest BCUT2D eigenvalue weighted by molar-refractivity contribution is 6.16. The van der Waals surface area contributed by atoms with Gasteiger partial charge in [-0.2, -0.15) is 0 Å². The largest absolute Gasteiger partial charge is 0.310 e. The molecule has 0 radical (unpaired) electrons. The van der Waals surface area contributed by atoms with E-state index in [-0.39, 0.29) is 0 Å². The van der Waals surface area contributed by atoms with Crippen molar-refractivity contribution in [3.63, 3.8) is 0 Å². The van der Waals surface area contributed by atoms with E-state index < -0.39 is 0 Å². The summed E-state index contributed by atoms with van der Waals surface area (Å²) in [6.45, 7) is 0. The minimum absolute atomic E-state index is 1.09. The summed E-state index contributed by atoms with van der Waals surface area (Å²) in [4.78, 5) is 2.42. The molecule has 0 atom stereocenters. The van der Waals surface area contributed by atoms with Crippen LogP contribution < -0.4 is 4.90 Å². The molecule has 0 N–H and O–H groups in total. The Morgan fingerprint density at radius 2 is 0.897 bits per heavy atom. The molecule has 10 aromatic carbocycles. The van der Waals surface area contributed by atoms with Crippen LogP contribution in [0.4, 0.5) is 17.1 Å². The molecule has 0 unspecified atom stereocenters. The van der Waals surface area contributed by atoms with Crippen LogP contribution in [0.3, 0.4) is 0 Å². The number of nitrogens with zero attached hydrogens (tertiary/aromatic N) is 2. The lowest BCUT2D eigenvalue weighted by Crippen LogP contribution is -2.11. The minimum atomic E-state index is 1.09. The Bertz CT molecular complexity index is 3270. The molecule has 58 heavy (non-hydrogen) atoms. The highest BCUT2D eigenvalue weighted by Gasteiger charge is 2.20. The summed E-state index contributed by atoms with van der Waals surface area (Å²) >= 11 is 0. The Morgan fingerprint density at radius 3 is 1.72 bits per heavy atom. The van der Waals surface area contributed by atoms with Crippen LogP contribution in [0, 0.1) is 0 Å². The minimum Gasteiger partial charge on any atom is -0.310 e. The van der Waals surface area contributed by atoms with Crippen molar-refractivity contribution in [2.24, 2.45) is 0 Å². The fraction of sp³-hybridized carbons (Fsp3) is 0. The third kappa shape index (κ3) is 5.66. The van der Waals surface area contributed by atoms with E-state index in [0.29, 0.717) is 0 Å². The maximum absolute atomic E-state index is 2.42. The average Bonchev–Trinajstić information content (AvgIpc) is 3.65. The predicted octanol–water partition coefficient (Wildman–Crippen LogP) is 15.6. The maximum atomic E-state index is 2.42. The van der Waals surface area contributed by atoms with Gasteiger partial charge in [0.15, 0.2) is 0 Å². The Labute approximate surface area is 338 Å². The summed E-state index contributed by atoms with van der Waals surface area (Å²) in [6.07, 6.45) is 0. The van der Waals surface area contributed by atoms with Crippen LogP contribution >= 0.6 is 0 Å². The van der Waals surface area contributed by atoms with Gasteiger partial charge in [0.05, 0.1) is 16.7 Å². The first kappa shape index (κ1) is 33.6. The number of fused-ring (bicyclic) bond motifs is 6. The van der Waals surface area contributed by atoms with Crippen molar-refractivity contribution in [2.75, 3.05) is 4.90 Å². The third-order valence-electron chi connectivity index (χ3n) is 11.6. The summed E-state index contributed by atoms with van der Waals surface area (Å²) in [6, 6.07) is 83.6. The van der Waals surface area contributed by atoms with Crippen molar-refractivity contribution in [1.82, 2.24) is 4.57 Å². The van der Waals surface area contributed by atoms with Crippen LogP contribution in [0.2, 0.25) is 0 Å². The van der Waals surface area contributed by atoms with Gasteiger partial charge in [0.2, 0.25) is 0 Å². The van der Waals surface area contributed by atoms with E-state index in [1.54, 1.807) is 0 Å². The fourth-order valence-corrected chi connectivity index (χ4v) is 8.97. The molecule has 0 amide bonds. The quantitative estimate of drug-likeness (QED) is 0.148. The van der Waals surface area contributed by atoms with Gasteiger partial charge in [-0.1, -0.05) is 170 Å². The molecule has 272 valence electrons. The Hall–Kier alpha value is -7.68. The van der Waals surface area contributed by atoms with Crippen LogP contribution in [0.5, 0.6) is 0 Å². The Morgan fingerprint density at radius 1 is 0.310 bits per heavy atom. The molecule has 11 rings (SSSR count). The molecule has 2 heteroatoms. The molecule has 2 nitrogen and oxygen atoms in total. The third-order valence-corrected chi connectivity index (χ3v) is 11.6. The average molecular weight is 739 g/mol. The number of rotatable bonds is 7. The second kappa shape index (κ2) is 14.1. The van der Waals surface area contributed by atoms with Crippen LogP contribution in [0.15, 0.2) is 231 Å². The number of aromatic nitrogens is 1. The molecular formula is C56H38N2. The van der Waals surface area contributed by atoms with Gasteiger partial charge in [-0.05, 0) is 110 Å². The van der Waals surface area contributed by atoms with Crippen molar-refractivity contribution in [3.05, 3.63) is 231 Å². The maximum Gasteiger partial charge on any atom is 0.0547 e. The van der Waals surface area contributed by atoms with E-state index in [2.05, 4.69) is 240 Å². The van der Waals surface area contributed by atoms with E-state index in [4.69, 9.17) is 0 Å². The van der Waals surface area contributed by atoms with Gasteiger partial charge < -0.3 is 9.47 Å². The molecular weight excluding hydrogens is 701 g/mol. The van der Waals surface area contributed by atoms with E-state index in [9.17, 15) is 0 Å². The van der Waals surface area contributed by atoms with E-state index in [0.717, 1.165) is 22.7 Å². The second-order valence-corrected chi connectivity index (χ2v) is 14.9. The van der Waals surface area contributed by atoms with Crippen molar-refractivity contribution in [2.45, 2.75) is 0 Å². The summed E-state index contributed by atoms with van der Waals surface area (Å²) in [5, 5.41) is 7.56. The van der Waals surface area contributed by atoms with Gasteiger partial charge in [-0.15, -0.1) is 0 Å². The lowest BCUT2D eigenvalue weighted by molar-refractivity contribution is 1.18. The van der Waals surface area contributed by atoms with Crippen molar-refractivity contribution >= 4 is 60.4 Å². The first-order valence-corrected chi connectivity index (χ1v) is 19.9. The van der Waals surface area contributed by atoms with Crippen LogP contribution in [0.1, 0.15) is 0 Å². The van der Waals surface area contributed by atoms with Gasteiger partial charge in [-0.25, -0.2) is 0 Å². The second-order valence-electron chi connectivity index (χ2n) is 14.9. The van der Waals surface area contributed by atoms with Gasteiger partial charge in [0.25, 0.3) is 0 Å². The lowest BCUT2D eigenvalue weighted by atomic mass is 9.93. The molecule has 0 fully saturated rings. The van der Waals surface area contributed by atoms with Crippen molar-refractivity contribution < 1.29 is 0 Å². The molecule has 1 heterocycles. The molecule has 0 aliphatic carbocycles. The van der Waals surface area contributed by atoms with E-state index in [1.165, 1.54) is 76.7 Å². The zero-order valence-electron chi connectivity index (χ0n) is 31.8. The smallest absolute Gasteiger partial charge is 0.0547 e. The topological polar surface area (TPSA) is 8.17 Å². The van der Waals surface area contributed by atoms with Crippen LogP contribution in [-0.2, 0) is 0 Å². The van der Waals surface area contributed by atoms with Crippen molar-refractivity contribution in [1.29, 1.82) is 0 Å². The predicted molar refractivity (Wildman–Crippen MR) is 247 cm³/mol. The van der Waals surface area contributed by atoms with Crippen molar-refractivity contribution in [3.8, 4) is 39.1 Å². The normalized spacial score (nSPS) is 11.4. The Balaban J connectivity index is 1.10. The number of para-hydroxylation sites is 3. The summed E-state index contributed by atoms with van der Waals surface area (Å²) in [7, 11) is 0. The van der Waals surface area contributed by atoms with Crippen LogP contribution in [0.25, 0.3) is 82.4 Å². The standard InChI is InChI=1S/C56H38N2/c1-3-17-39(18-4-1)47-25-11-13-30-53(47)57(44-35-33-40(34-36-44)52-38-42-19-7-8-24-46(42)49-26-9-10-27-50(49)52)45-23-15-20-41(37-45)48-29-16-32-55-56(48)51-28-12-14-31-54(51)58(55)43-21-5-2-6-22-43/h1-38H. The molecule has 0 spiro atoms. The highest BCUT2D eigenvalue weighted by atomic mass is 15.1. The summed E-state index contributed by atoms with van der Waals surface area (Å²) in [5.74, 6) is 0. The van der Waals surface area contributed by atoms with Gasteiger partial charge in [0, 0.05) is 33.4 Å². The van der Waals surface area contributed by atoms with Gasteiger partial charge in [-0.3, -0.25) is 0 Å². The number of benzene rings is 10. The molecule has 0 bridgehead atoms. The van der Waals surface area contributed by atoms with Gasteiger partial charge >= 0.3 is 0 Å². The molecule has 0 saturated carbocycles. The highest BCUT2D eigenvalue weighted by Crippen LogP contribution is 2.45. The molecule has 11 aromatic rings. The first-order valence-electron chi connectivity index (χ1n) is 19.9. The van der Waals surface area contributed by atoms with Gasteiger partial charge in [0.1, 0.15) is 0 Å². The molecule has 0 aliphatic heterocycles.